The fraction of sp³-hybridized carbons (Fsp3) is 0.900. The largest absolute Gasteiger partial charge is 0.480 e. The first-order valence-corrected chi connectivity index (χ1v) is 7.35. The van der Waals surface area contributed by atoms with Gasteiger partial charge in [-0.25, -0.2) is 8.42 Å². The van der Waals surface area contributed by atoms with E-state index in [9.17, 15) is 18.3 Å². The number of aliphatic carboxylic acids is 1. The third kappa shape index (κ3) is 2.38. The zero-order valence-corrected chi connectivity index (χ0v) is 10.7. The van der Waals surface area contributed by atoms with Crippen LogP contribution in [0.2, 0.25) is 0 Å². The summed E-state index contributed by atoms with van der Waals surface area (Å²) in [5.74, 6) is -1.06. The molecule has 2 N–H and O–H groups in total. The summed E-state index contributed by atoms with van der Waals surface area (Å²) in [4.78, 5) is 11.4. The maximum Gasteiger partial charge on any atom is 0.325 e. The van der Waals surface area contributed by atoms with Crippen molar-refractivity contribution in [2.75, 3.05) is 6.26 Å². The highest BCUT2D eigenvalue weighted by Crippen LogP contribution is 2.35. The Hall–Kier alpha value is -0.620. The van der Waals surface area contributed by atoms with Crippen LogP contribution in [0.4, 0.5) is 0 Å². The van der Waals surface area contributed by atoms with Gasteiger partial charge < -0.3 is 5.11 Å². The molecule has 0 aromatic rings. The molecule has 0 aromatic heterocycles. The van der Waals surface area contributed by atoms with Crippen LogP contribution in [0.5, 0.6) is 0 Å². The molecule has 16 heavy (non-hydrogen) atoms. The fourth-order valence-electron chi connectivity index (χ4n) is 2.54. The molecule has 0 aliphatic heterocycles. The van der Waals surface area contributed by atoms with Crippen LogP contribution in [0.15, 0.2) is 0 Å². The minimum Gasteiger partial charge on any atom is -0.480 e. The van der Waals surface area contributed by atoms with Crippen molar-refractivity contribution in [1.82, 2.24) is 5.32 Å². The van der Waals surface area contributed by atoms with Gasteiger partial charge in [-0.05, 0) is 33.1 Å². The van der Waals surface area contributed by atoms with E-state index in [-0.39, 0.29) is 6.04 Å². The highest BCUT2D eigenvalue weighted by atomic mass is 32.2. The fourth-order valence-corrected chi connectivity index (χ4v) is 4.15. The molecule has 1 rings (SSSR count). The number of carboxylic acid groups (broad SMARTS) is 1. The molecule has 1 aliphatic rings. The number of carboxylic acids is 1. The zero-order chi connectivity index (χ0) is 12.6. The molecule has 0 spiro atoms. The van der Waals surface area contributed by atoms with Gasteiger partial charge in [0.1, 0.15) is 5.54 Å². The van der Waals surface area contributed by atoms with Crippen LogP contribution in [0.1, 0.15) is 33.1 Å². The number of rotatable bonds is 4. The molecule has 2 unspecified atom stereocenters. The van der Waals surface area contributed by atoms with Crippen molar-refractivity contribution in [1.29, 1.82) is 0 Å². The van der Waals surface area contributed by atoms with Gasteiger partial charge in [-0.2, -0.15) is 0 Å². The van der Waals surface area contributed by atoms with Gasteiger partial charge in [-0.15, -0.1) is 0 Å². The summed E-state index contributed by atoms with van der Waals surface area (Å²) in [5.41, 5.74) is -1.30. The van der Waals surface area contributed by atoms with E-state index in [2.05, 4.69) is 5.32 Å². The van der Waals surface area contributed by atoms with Gasteiger partial charge in [0, 0.05) is 12.3 Å². The summed E-state index contributed by atoms with van der Waals surface area (Å²) in [7, 11) is -3.34. The maximum atomic E-state index is 11.6. The lowest BCUT2D eigenvalue weighted by Gasteiger charge is -2.33. The summed E-state index contributed by atoms with van der Waals surface area (Å²) in [5, 5.41) is 11.4. The first-order valence-electron chi connectivity index (χ1n) is 5.40. The Balaban J connectivity index is 3.14. The molecule has 94 valence electrons. The maximum absolute atomic E-state index is 11.6. The lowest BCUT2D eigenvalue weighted by atomic mass is 9.96. The van der Waals surface area contributed by atoms with E-state index in [0.29, 0.717) is 19.3 Å². The summed E-state index contributed by atoms with van der Waals surface area (Å²) < 4.78 is 23.3. The van der Waals surface area contributed by atoms with Gasteiger partial charge in [0.15, 0.2) is 9.84 Å². The second-order valence-electron chi connectivity index (χ2n) is 4.79. The van der Waals surface area contributed by atoms with Crippen LogP contribution in [0, 0.1) is 0 Å². The summed E-state index contributed by atoms with van der Waals surface area (Å²) in [6.07, 6.45) is 2.54. The predicted octanol–water partition coefficient (Wildman–Crippen LogP) is 0.405. The Morgan fingerprint density at radius 2 is 2.06 bits per heavy atom. The molecular formula is C10H19NO4S. The molecule has 1 aliphatic carbocycles. The molecule has 0 radical (unpaired) electrons. The van der Waals surface area contributed by atoms with Crippen LogP contribution in [-0.2, 0) is 14.6 Å². The van der Waals surface area contributed by atoms with Crippen LogP contribution >= 0.6 is 0 Å². The van der Waals surface area contributed by atoms with Crippen LogP contribution in [0.25, 0.3) is 0 Å². The van der Waals surface area contributed by atoms with E-state index in [1.807, 2.05) is 13.8 Å². The van der Waals surface area contributed by atoms with E-state index < -0.39 is 26.6 Å². The molecule has 1 saturated carbocycles. The second-order valence-corrected chi connectivity index (χ2v) is 7.01. The highest BCUT2D eigenvalue weighted by Gasteiger charge is 2.53. The Kier molecular flexibility index (Phi) is 3.64. The van der Waals surface area contributed by atoms with Crippen molar-refractivity contribution in [2.45, 2.75) is 49.9 Å². The molecule has 6 heteroatoms. The van der Waals surface area contributed by atoms with E-state index in [1.54, 1.807) is 0 Å². The lowest BCUT2D eigenvalue weighted by Crippen LogP contribution is -2.61. The minimum absolute atomic E-state index is 0.0570. The van der Waals surface area contributed by atoms with Crippen molar-refractivity contribution in [2.24, 2.45) is 0 Å². The number of hydrogen-bond donors (Lipinski definition) is 2. The third-order valence-electron chi connectivity index (χ3n) is 3.03. The van der Waals surface area contributed by atoms with E-state index >= 15 is 0 Å². The third-order valence-corrected chi connectivity index (χ3v) is 4.70. The summed E-state index contributed by atoms with van der Waals surface area (Å²) >= 11 is 0. The molecule has 0 heterocycles. The Labute approximate surface area is 96.1 Å². The first-order chi connectivity index (χ1) is 7.20. The van der Waals surface area contributed by atoms with Crippen LogP contribution in [-0.4, -0.2) is 42.6 Å². The molecule has 5 nitrogen and oxygen atoms in total. The van der Waals surface area contributed by atoms with E-state index in [1.165, 1.54) is 0 Å². The Bertz CT molecular complexity index is 376. The quantitative estimate of drug-likeness (QED) is 0.753. The van der Waals surface area contributed by atoms with E-state index in [0.717, 1.165) is 6.26 Å². The summed E-state index contributed by atoms with van der Waals surface area (Å²) in [6.45, 7) is 3.64. The van der Waals surface area contributed by atoms with E-state index in [4.69, 9.17) is 0 Å². The van der Waals surface area contributed by atoms with Crippen molar-refractivity contribution in [3.63, 3.8) is 0 Å². The average Bonchev–Trinajstić information content (AvgIpc) is 2.46. The number of hydrogen-bond acceptors (Lipinski definition) is 4. The SMILES string of the molecule is CC(C)NC1(C(=O)O)CCCC1S(C)(=O)=O. The number of nitrogens with one attached hydrogen (secondary N) is 1. The van der Waals surface area contributed by atoms with Crippen LogP contribution in [0.3, 0.4) is 0 Å². The molecule has 0 bridgehead atoms. The normalized spacial score (nSPS) is 30.9. The second kappa shape index (κ2) is 4.33. The first kappa shape index (κ1) is 13.4. The lowest BCUT2D eigenvalue weighted by molar-refractivity contribution is -0.144. The molecule has 2 atom stereocenters. The molecule has 0 aromatic carbocycles. The Morgan fingerprint density at radius 1 is 1.50 bits per heavy atom. The van der Waals surface area contributed by atoms with Gasteiger partial charge in [-0.1, -0.05) is 0 Å². The van der Waals surface area contributed by atoms with Crippen molar-refractivity contribution in [3.05, 3.63) is 0 Å². The van der Waals surface area contributed by atoms with Gasteiger partial charge in [0.2, 0.25) is 0 Å². The molecular weight excluding hydrogens is 230 g/mol. The van der Waals surface area contributed by atoms with Gasteiger partial charge >= 0.3 is 5.97 Å². The molecule has 1 fully saturated rings. The summed E-state index contributed by atoms with van der Waals surface area (Å²) in [6, 6.07) is -0.0570. The highest BCUT2D eigenvalue weighted by molar-refractivity contribution is 7.91. The molecule has 0 amide bonds. The van der Waals surface area contributed by atoms with Gasteiger partial charge in [0.05, 0.1) is 5.25 Å². The van der Waals surface area contributed by atoms with Crippen LogP contribution < -0.4 is 5.32 Å². The smallest absolute Gasteiger partial charge is 0.325 e. The predicted molar refractivity (Wildman–Crippen MR) is 61.1 cm³/mol. The monoisotopic (exact) mass is 249 g/mol. The number of carbonyl (C=O) groups is 1. The zero-order valence-electron chi connectivity index (χ0n) is 9.86. The topological polar surface area (TPSA) is 83.5 Å². The molecule has 0 saturated heterocycles. The van der Waals surface area contributed by atoms with Crippen molar-refractivity contribution >= 4 is 15.8 Å². The minimum atomic E-state index is -3.34. The van der Waals surface area contributed by atoms with Crippen molar-refractivity contribution < 1.29 is 18.3 Å². The average molecular weight is 249 g/mol. The van der Waals surface area contributed by atoms with Crippen molar-refractivity contribution in [3.8, 4) is 0 Å². The van der Waals surface area contributed by atoms with Gasteiger partial charge in [-0.3, -0.25) is 10.1 Å². The standard InChI is InChI=1S/C10H19NO4S/c1-7(2)11-10(9(12)13)6-4-5-8(10)16(3,14)15/h7-8,11H,4-6H2,1-3H3,(H,12,13). The number of sulfone groups is 1. The van der Waals surface area contributed by atoms with Gasteiger partial charge in [0.25, 0.3) is 0 Å². The Morgan fingerprint density at radius 3 is 2.44 bits per heavy atom.